The molecule has 0 aromatic carbocycles. The molecule has 0 aliphatic carbocycles. The molecule has 82 valence electrons. The zero-order valence-corrected chi connectivity index (χ0v) is 8.32. The predicted octanol–water partition coefficient (Wildman–Crippen LogP) is -0.105. The van der Waals surface area contributed by atoms with Crippen LogP contribution in [0.1, 0.15) is 26.2 Å². The average molecular weight is 203 g/mol. The van der Waals surface area contributed by atoms with Gasteiger partial charge in [0.15, 0.2) is 0 Å². The van der Waals surface area contributed by atoms with Gasteiger partial charge in [-0.25, -0.2) is 0 Å². The van der Waals surface area contributed by atoms with E-state index in [1.165, 1.54) is 0 Å². The molecule has 1 saturated heterocycles. The molecule has 5 heteroatoms. The molecule has 0 aromatic rings. The maximum atomic E-state index is 11.3. The second-order valence-electron chi connectivity index (χ2n) is 3.43. The fourth-order valence-corrected chi connectivity index (χ4v) is 1.50. The first kappa shape index (κ1) is 12.9. The molecule has 14 heavy (non-hydrogen) atoms. The number of carbonyl (C=O) groups is 2. The summed E-state index contributed by atoms with van der Waals surface area (Å²) in [4.78, 5) is 23.5. The predicted molar refractivity (Wildman–Crippen MR) is 50.8 cm³/mol. The molecule has 1 aliphatic heterocycles. The summed E-state index contributed by atoms with van der Waals surface area (Å²) in [6.45, 7) is 3.16. The number of aliphatic carboxylic acids is 1. The molecule has 3 N–H and O–H groups in total. The van der Waals surface area contributed by atoms with E-state index in [9.17, 15) is 9.59 Å². The van der Waals surface area contributed by atoms with Gasteiger partial charge in [0.2, 0.25) is 5.91 Å². The third-order valence-electron chi connectivity index (χ3n) is 2.35. The van der Waals surface area contributed by atoms with Gasteiger partial charge in [-0.15, -0.1) is 0 Å². The zero-order chi connectivity index (χ0) is 9.84. The number of nitrogens with zero attached hydrogens (tertiary/aromatic N) is 1. The monoisotopic (exact) mass is 203 g/mol. The number of unbranched alkanes of at least 4 members (excludes halogenated alkanes) is 1. The lowest BCUT2D eigenvalue weighted by Crippen LogP contribution is -2.27. The minimum absolute atomic E-state index is 0. The summed E-state index contributed by atoms with van der Waals surface area (Å²) in [7, 11) is 0. The van der Waals surface area contributed by atoms with Crippen molar-refractivity contribution < 1.29 is 20.2 Å². The summed E-state index contributed by atoms with van der Waals surface area (Å²) < 4.78 is 0. The van der Waals surface area contributed by atoms with Gasteiger partial charge in [0.1, 0.15) is 0 Å². The van der Waals surface area contributed by atoms with Crippen LogP contribution in [-0.4, -0.2) is 40.4 Å². The molecule has 5 nitrogen and oxygen atoms in total. The number of carboxylic acid groups (broad SMARTS) is 1. The van der Waals surface area contributed by atoms with Crippen molar-refractivity contribution in [3.8, 4) is 0 Å². The van der Waals surface area contributed by atoms with Crippen LogP contribution in [0.5, 0.6) is 0 Å². The highest BCUT2D eigenvalue weighted by Gasteiger charge is 2.33. The van der Waals surface area contributed by atoms with Gasteiger partial charge in [-0.2, -0.15) is 0 Å². The lowest BCUT2D eigenvalue weighted by molar-refractivity contribution is -0.141. The standard InChI is InChI=1S/C9H15NO3.H2O/c1-2-3-4-10-6-7(9(12)13)5-8(10)11;/h7H,2-6H2,1H3,(H,12,13);1H2. The highest BCUT2D eigenvalue weighted by atomic mass is 16.4. The summed E-state index contributed by atoms with van der Waals surface area (Å²) in [6.07, 6.45) is 2.17. The molecule has 1 amide bonds. The first-order chi connectivity index (χ1) is 6.15. The second kappa shape index (κ2) is 5.59. The summed E-state index contributed by atoms with van der Waals surface area (Å²) in [6, 6.07) is 0. The third kappa shape index (κ3) is 2.99. The number of amides is 1. The van der Waals surface area contributed by atoms with E-state index in [0.29, 0.717) is 13.1 Å². The maximum Gasteiger partial charge on any atom is 0.308 e. The van der Waals surface area contributed by atoms with Crippen LogP contribution in [0, 0.1) is 5.92 Å². The first-order valence-electron chi connectivity index (χ1n) is 4.65. The van der Waals surface area contributed by atoms with Gasteiger partial charge in [-0.05, 0) is 6.42 Å². The Kier molecular flexibility index (Phi) is 5.15. The van der Waals surface area contributed by atoms with Crippen molar-refractivity contribution in [1.29, 1.82) is 0 Å². The van der Waals surface area contributed by atoms with Crippen molar-refractivity contribution >= 4 is 11.9 Å². The fraction of sp³-hybridized carbons (Fsp3) is 0.778. The quantitative estimate of drug-likeness (QED) is 0.691. The normalized spacial score (nSPS) is 20.8. The van der Waals surface area contributed by atoms with E-state index in [2.05, 4.69) is 6.92 Å². The van der Waals surface area contributed by atoms with Crippen molar-refractivity contribution in [3.63, 3.8) is 0 Å². The Balaban J connectivity index is 0.00000169. The minimum atomic E-state index is -0.854. The van der Waals surface area contributed by atoms with Crippen molar-refractivity contribution in [2.75, 3.05) is 13.1 Å². The van der Waals surface area contributed by atoms with E-state index in [4.69, 9.17) is 5.11 Å². The van der Waals surface area contributed by atoms with E-state index < -0.39 is 11.9 Å². The molecule has 1 unspecified atom stereocenters. The Morgan fingerprint density at radius 1 is 1.64 bits per heavy atom. The first-order valence-corrected chi connectivity index (χ1v) is 4.65. The Morgan fingerprint density at radius 3 is 2.71 bits per heavy atom. The van der Waals surface area contributed by atoms with E-state index in [1.54, 1.807) is 4.90 Å². The highest BCUT2D eigenvalue weighted by molar-refractivity contribution is 5.86. The molecule has 1 aliphatic rings. The fourth-order valence-electron chi connectivity index (χ4n) is 1.50. The van der Waals surface area contributed by atoms with Crippen LogP contribution in [0.25, 0.3) is 0 Å². The number of hydrogen-bond donors (Lipinski definition) is 1. The molecule has 0 bridgehead atoms. The average Bonchev–Trinajstić information content (AvgIpc) is 2.44. The number of likely N-dealkylation sites (tertiary alicyclic amines) is 1. The third-order valence-corrected chi connectivity index (χ3v) is 2.35. The van der Waals surface area contributed by atoms with Crippen LogP contribution < -0.4 is 0 Å². The zero-order valence-electron chi connectivity index (χ0n) is 8.32. The molecule has 1 atom stereocenters. The van der Waals surface area contributed by atoms with Gasteiger partial charge >= 0.3 is 5.97 Å². The van der Waals surface area contributed by atoms with Crippen LogP contribution in [0.4, 0.5) is 0 Å². The molecule has 1 rings (SSSR count). The molecular formula is C9H17NO4. The number of hydrogen-bond acceptors (Lipinski definition) is 2. The maximum absolute atomic E-state index is 11.3. The minimum Gasteiger partial charge on any atom is -0.481 e. The van der Waals surface area contributed by atoms with Gasteiger partial charge in [-0.1, -0.05) is 13.3 Å². The van der Waals surface area contributed by atoms with Gasteiger partial charge in [0, 0.05) is 19.5 Å². The van der Waals surface area contributed by atoms with Crippen molar-refractivity contribution in [3.05, 3.63) is 0 Å². The molecule has 0 spiro atoms. The van der Waals surface area contributed by atoms with E-state index in [-0.39, 0.29) is 17.8 Å². The Labute approximate surface area is 83.0 Å². The van der Waals surface area contributed by atoms with Gasteiger partial charge in [0.05, 0.1) is 5.92 Å². The Hall–Kier alpha value is -1.10. The molecule has 0 radical (unpaired) electrons. The van der Waals surface area contributed by atoms with Crippen LogP contribution >= 0.6 is 0 Å². The lowest BCUT2D eigenvalue weighted by atomic mass is 10.1. The highest BCUT2D eigenvalue weighted by Crippen LogP contribution is 2.18. The van der Waals surface area contributed by atoms with Crippen LogP contribution in [0.3, 0.4) is 0 Å². The molecular weight excluding hydrogens is 186 g/mol. The number of carbonyl (C=O) groups excluding carboxylic acids is 1. The topological polar surface area (TPSA) is 89.1 Å². The lowest BCUT2D eigenvalue weighted by Gasteiger charge is -2.14. The Morgan fingerprint density at radius 2 is 2.29 bits per heavy atom. The van der Waals surface area contributed by atoms with Crippen molar-refractivity contribution in [2.24, 2.45) is 5.92 Å². The van der Waals surface area contributed by atoms with E-state index in [0.717, 1.165) is 12.8 Å². The summed E-state index contributed by atoms with van der Waals surface area (Å²) in [5.41, 5.74) is 0. The van der Waals surface area contributed by atoms with E-state index >= 15 is 0 Å². The number of rotatable bonds is 4. The smallest absolute Gasteiger partial charge is 0.308 e. The molecule has 0 saturated carbocycles. The molecule has 0 aromatic heterocycles. The van der Waals surface area contributed by atoms with Crippen LogP contribution in [-0.2, 0) is 9.59 Å². The summed E-state index contributed by atoms with van der Waals surface area (Å²) >= 11 is 0. The Bertz CT molecular complexity index is 217. The summed E-state index contributed by atoms with van der Waals surface area (Å²) in [5.74, 6) is -1.35. The van der Waals surface area contributed by atoms with E-state index in [1.807, 2.05) is 0 Å². The SMILES string of the molecule is CCCCN1CC(C(=O)O)CC1=O.O. The van der Waals surface area contributed by atoms with Crippen LogP contribution in [0.15, 0.2) is 0 Å². The summed E-state index contributed by atoms with van der Waals surface area (Å²) in [5, 5.41) is 8.70. The van der Waals surface area contributed by atoms with Gasteiger partial charge in [-0.3, -0.25) is 9.59 Å². The second-order valence-corrected chi connectivity index (χ2v) is 3.43. The van der Waals surface area contributed by atoms with Gasteiger partial charge < -0.3 is 15.5 Å². The molecule has 1 heterocycles. The van der Waals surface area contributed by atoms with Crippen LogP contribution in [0.2, 0.25) is 0 Å². The largest absolute Gasteiger partial charge is 0.481 e. The van der Waals surface area contributed by atoms with Gasteiger partial charge in [0.25, 0.3) is 0 Å². The molecule has 1 fully saturated rings. The van der Waals surface area contributed by atoms with Crippen molar-refractivity contribution in [1.82, 2.24) is 4.90 Å². The van der Waals surface area contributed by atoms with Crippen molar-refractivity contribution in [2.45, 2.75) is 26.2 Å². The number of carboxylic acids is 1.